The minimum atomic E-state index is -1.17. The molecule has 0 aliphatic carbocycles. The number of H-pyrrole nitrogens is 1. The third-order valence-corrected chi connectivity index (χ3v) is 2.26. The zero-order chi connectivity index (χ0) is 11.7. The Bertz CT molecular complexity index is 584. The number of phenols is 1. The maximum absolute atomic E-state index is 10.6. The number of nitrogens with two attached hydrogens (primary N) is 1. The van der Waals surface area contributed by atoms with Gasteiger partial charge in [-0.3, -0.25) is 0 Å². The predicted octanol–water partition coefficient (Wildman–Crippen LogP) is 1.26. The Hall–Kier alpha value is -2.43. The van der Waals surface area contributed by atoms with Crippen molar-refractivity contribution < 1.29 is 15.0 Å². The van der Waals surface area contributed by atoms with Crippen LogP contribution in [0.3, 0.4) is 0 Å². The van der Waals surface area contributed by atoms with Gasteiger partial charge in [0.05, 0.1) is 0 Å². The fourth-order valence-electron chi connectivity index (χ4n) is 1.48. The van der Waals surface area contributed by atoms with Gasteiger partial charge in [-0.1, -0.05) is 0 Å². The molecule has 0 atom stereocenters. The van der Waals surface area contributed by atoms with E-state index >= 15 is 0 Å². The summed E-state index contributed by atoms with van der Waals surface area (Å²) >= 11 is 0. The minimum absolute atomic E-state index is 0.121. The Morgan fingerprint density at radius 3 is 2.88 bits per heavy atom. The maximum Gasteiger partial charge on any atom is 0.351 e. The van der Waals surface area contributed by atoms with Crippen LogP contribution in [0.25, 0.3) is 17.0 Å². The van der Waals surface area contributed by atoms with E-state index < -0.39 is 5.97 Å². The molecule has 1 aromatic heterocycles. The number of aromatic amines is 1. The normalized spacial score (nSPS) is 11.9. The van der Waals surface area contributed by atoms with Crippen molar-refractivity contribution in [2.45, 2.75) is 0 Å². The summed E-state index contributed by atoms with van der Waals surface area (Å²) in [6, 6.07) is 4.80. The first kappa shape index (κ1) is 10.1. The van der Waals surface area contributed by atoms with Gasteiger partial charge in [0.25, 0.3) is 0 Å². The number of carboxylic acid groups (broad SMARTS) is 1. The minimum Gasteiger partial charge on any atom is -0.508 e. The molecule has 1 heterocycles. The van der Waals surface area contributed by atoms with Gasteiger partial charge in [0.15, 0.2) is 0 Å². The number of carbonyl (C=O) groups is 1. The molecule has 0 bridgehead atoms. The van der Waals surface area contributed by atoms with Crippen LogP contribution >= 0.6 is 0 Å². The van der Waals surface area contributed by atoms with E-state index in [1.54, 1.807) is 24.4 Å². The lowest BCUT2D eigenvalue weighted by atomic mass is 10.1. The van der Waals surface area contributed by atoms with Crippen LogP contribution in [-0.4, -0.2) is 21.2 Å². The Morgan fingerprint density at radius 2 is 2.19 bits per heavy atom. The lowest BCUT2D eigenvalue weighted by Crippen LogP contribution is -2.09. The van der Waals surface area contributed by atoms with Crippen LogP contribution in [0.15, 0.2) is 30.1 Å². The molecule has 0 fully saturated rings. The van der Waals surface area contributed by atoms with Gasteiger partial charge in [0.2, 0.25) is 0 Å². The number of aliphatic carboxylic acids is 1. The largest absolute Gasteiger partial charge is 0.508 e. The summed E-state index contributed by atoms with van der Waals surface area (Å²) in [6.45, 7) is 0. The van der Waals surface area contributed by atoms with E-state index in [4.69, 9.17) is 10.8 Å². The number of benzene rings is 1. The fraction of sp³-hybridized carbons (Fsp3) is 0. The van der Waals surface area contributed by atoms with Crippen LogP contribution in [0.4, 0.5) is 0 Å². The highest BCUT2D eigenvalue weighted by molar-refractivity contribution is 5.96. The molecule has 0 aliphatic rings. The second-order valence-corrected chi connectivity index (χ2v) is 3.38. The van der Waals surface area contributed by atoms with Gasteiger partial charge in [0, 0.05) is 22.7 Å². The molecule has 0 aliphatic heterocycles. The van der Waals surface area contributed by atoms with Crippen LogP contribution in [-0.2, 0) is 4.79 Å². The zero-order valence-electron chi connectivity index (χ0n) is 8.27. The number of hydrogen-bond acceptors (Lipinski definition) is 3. The van der Waals surface area contributed by atoms with Crippen LogP contribution in [0.2, 0.25) is 0 Å². The molecule has 5 N–H and O–H groups in total. The lowest BCUT2D eigenvalue weighted by Gasteiger charge is -1.95. The van der Waals surface area contributed by atoms with E-state index in [1.165, 1.54) is 6.08 Å². The molecule has 2 rings (SSSR count). The Kier molecular flexibility index (Phi) is 2.28. The molecular formula is C11H10N2O3. The first-order valence-corrected chi connectivity index (χ1v) is 4.58. The topological polar surface area (TPSA) is 99.3 Å². The monoisotopic (exact) mass is 218 g/mol. The summed E-state index contributed by atoms with van der Waals surface area (Å²) in [5, 5.41) is 18.7. The summed E-state index contributed by atoms with van der Waals surface area (Å²) < 4.78 is 0. The smallest absolute Gasteiger partial charge is 0.351 e. The first-order valence-electron chi connectivity index (χ1n) is 4.58. The van der Waals surface area contributed by atoms with Crippen molar-refractivity contribution in [1.29, 1.82) is 0 Å². The van der Waals surface area contributed by atoms with Gasteiger partial charge >= 0.3 is 5.97 Å². The molecule has 16 heavy (non-hydrogen) atoms. The van der Waals surface area contributed by atoms with E-state index in [0.717, 1.165) is 10.9 Å². The van der Waals surface area contributed by atoms with Gasteiger partial charge in [-0.05, 0) is 24.3 Å². The van der Waals surface area contributed by atoms with E-state index in [9.17, 15) is 9.90 Å². The van der Waals surface area contributed by atoms with Crippen molar-refractivity contribution in [2.75, 3.05) is 0 Å². The van der Waals surface area contributed by atoms with Crippen molar-refractivity contribution in [3.63, 3.8) is 0 Å². The van der Waals surface area contributed by atoms with Crippen LogP contribution in [0.1, 0.15) is 5.56 Å². The van der Waals surface area contributed by atoms with Gasteiger partial charge in [-0.25, -0.2) is 4.79 Å². The van der Waals surface area contributed by atoms with Crippen LogP contribution in [0, 0.1) is 0 Å². The number of phenolic OH excluding ortho intramolecular Hbond substituents is 1. The van der Waals surface area contributed by atoms with Gasteiger partial charge < -0.3 is 20.9 Å². The standard InChI is InChI=1S/C11H10N2O3/c12-9(11(15)16)3-6-5-13-10-2-1-7(14)4-8(6)10/h1-5,13-14H,12H2,(H,15,16)/b9-3-. The van der Waals surface area contributed by atoms with Crippen molar-refractivity contribution in [1.82, 2.24) is 4.98 Å². The molecule has 0 unspecified atom stereocenters. The highest BCUT2D eigenvalue weighted by atomic mass is 16.4. The third kappa shape index (κ3) is 1.70. The average molecular weight is 218 g/mol. The number of aromatic nitrogens is 1. The summed E-state index contributed by atoms with van der Waals surface area (Å²) in [7, 11) is 0. The molecule has 2 aromatic rings. The summed E-state index contributed by atoms with van der Waals surface area (Å²) in [5.41, 5.74) is 6.51. The van der Waals surface area contributed by atoms with Gasteiger partial charge in [0.1, 0.15) is 11.4 Å². The number of fused-ring (bicyclic) bond motifs is 1. The van der Waals surface area contributed by atoms with Gasteiger partial charge in [-0.2, -0.15) is 0 Å². The molecule has 0 amide bonds. The summed E-state index contributed by atoms with van der Waals surface area (Å²) in [4.78, 5) is 13.5. The molecule has 82 valence electrons. The first-order chi connectivity index (χ1) is 7.58. The highest BCUT2D eigenvalue weighted by Gasteiger charge is 2.06. The molecule has 0 radical (unpaired) electrons. The number of carboxylic acids is 1. The van der Waals surface area contributed by atoms with Crippen molar-refractivity contribution in [3.8, 4) is 5.75 Å². The zero-order valence-corrected chi connectivity index (χ0v) is 8.27. The van der Waals surface area contributed by atoms with Crippen molar-refractivity contribution in [3.05, 3.63) is 35.7 Å². The Morgan fingerprint density at radius 1 is 1.44 bits per heavy atom. The molecule has 5 heteroatoms. The lowest BCUT2D eigenvalue weighted by molar-refractivity contribution is -0.132. The molecule has 5 nitrogen and oxygen atoms in total. The van der Waals surface area contributed by atoms with Crippen LogP contribution < -0.4 is 5.73 Å². The second kappa shape index (κ2) is 3.62. The molecular weight excluding hydrogens is 208 g/mol. The average Bonchev–Trinajstić information content (AvgIpc) is 2.61. The quantitative estimate of drug-likeness (QED) is 0.570. The van der Waals surface area contributed by atoms with Crippen molar-refractivity contribution in [2.24, 2.45) is 5.73 Å². The van der Waals surface area contributed by atoms with E-state index in [2.05, 4.69) is 4.98 Å². The SMILES string of the molecule is N/C(=C\c1c[nH]c2ccc(O)cc12)C(=O)O. The van der Waals surface area contributed by atoms with E-state index in [1.807, 2.05) is 0 Å². The Balaban J connectivity index is 2.57. The number of nitrogens with one attached hydrogen (secondary N) is 1. The Labute approximate surface area is 90.8 Å². The molecule has 1 aromatic carbocycles. The molecule has 0 spiro atoms. The number of hydrogen-bond donors (Lipinski definition) is 4. The predicted molar refractivity (Wildman–Crippen MR) is 59.8 cm³/mol. The highest BCUT2D eigenvalue weighted by Crippen LogP contribution is 2.24. The number of rotatable bonds is 2. The second-order valence-electron chi connectivity index (χ2n) is 3.38. The van der Waals surface area contributed by atoms with Gasteiger partial charge in [-0.15, -0.1) is 0 Å². The summed E-state index contributed by atoms with van der Waals surface area (Å²) in [5.74, 6) is -1.05. The van der Waals surface area contributed by atoms with Crippen LogP contribution in [0.5, 0.6) is 5.75 Å². The maximum atomic E-state index is 10.6. The summed E-state index contributed by atoms with van der Waals surface area (Å²) in [6.07, 6.45) is 2.99. The van der Waals surface area contributed by atoms with E-state index in [0.29, 0.717) is 5.56 Å². The third-order valence-electron chi connectivity index (χ3n) is 2.26. The van der Waals surface area contributed by atoms with Crippen molar-refractivity contribution >= 4 is 22.9 Å². The number of aromatic hydroxyl groups is 1. The fourth-order valence-corrected chi connectivity index (χ4v) is 1.48. The van der Waals surface area contributed by atoms with E-state index in [-0.39, 0.29) is 11.4 Å². The molecule has 0 saturated heterocycles. The molecule has 0 saturated carbocycles.